The average Bonchev–Trinajstić information content (AvgIpc) is 3.06. The molecule has 2 aliphatic rings. The Morgan fingerprint density at radius 3 is 2.23 bits per heavy atom. The van der Waals surface area contributed by atoms with Crippen LogP contribution in [0.2, 0.25) is 0 Å². The summed E-state index contributed by atoms with van der Waals surface area (Å²) in [6, 6.07) is 11.1. The Hall–Kier alpha value is -2.82. The lowest BCUT2D eigenvalue weighted by molar-refractivity contribution is -0.121. The molecule has 2 aromatic carbocycles. The monoisotopic (exact) mass is 418 g/mol. The van der Waals surface area contributed by atoms with Crippen LogP contribution in [-0.2, 0) is 19.5 Å². The van der Waals surface area contributed by atoms with E-state index in [0.29, 0.717) is 17.1 Å². The van der Waals surface area contributed by atoms with Gasteiger partial charge < -0.3 is 14.0 Å². The predicted molar refractivity (Wildman–Crippen MR) is 122 cm³/mol. The summed E-state index contributed by atoms with van der Waals surface area (Å²) in [5.74, 6) is 0.409. The highest BCUT2D eigenvalue weighted by Crippen LogP contribution is 2.47. The number of benzene rings is 2. The van der Waals surface area contributed by atoms with Crippen molar-refractivity contribution in [1.82, 2.24) is 0 Å². The largest absolute Gasteiger partial charge is 0.508 e. The molecule has 0 aromatic heterocycles. The smallest absolute Gasteiger partial charge is 0.494 e. The number of ether oxygens (including phenoxy) is 1. The van der Waals surface area contributed by atoms with Gasteiger partial charge in [-0.05, 0) is 70.8 Å². The summed E-state index contributed by atoms with van der Waals surface area (Å²) in [6.45, 7) is 19.2. The molecular weight excluding hydrogens is 391 g/mol. The van der Waals surface area contributed by atoms with E-state index >= 15 is 0 Å². The van der Waals surface area contributed by atoms with Crippen LogP contribution >= 0.6 is 0 Å². The van der Waals surface area contributed by atoms with Crippen LogP contribution in [0.4, 0.5) is 17.1 Å². The van der Waals surface area contributed by atoms with Gasteiger partial charge >= 0.3 is 7.12 Å². The van der Waals surface area contributed by atoms with E-state index in [9.17, 15) is 4.79 Å². The minimum Gasteiger partial charge on any atom is -0.508 e. The highest BCUT2D eigenvalue weighted by atomic mass is 16.7. The lowest BCUT2D eigenvalue weighted by Crippen LogP contribution is -2.41. The molecule has 0 N–H and O–H groups in total. The third-order valence-corrected chi connectivity index (χ3v) is 6.74. The second kappa shape index (κ2) is 6.84. The molecule has 0 atom stereocenters. The lowest BCUT2D eigenvalue weighted by atomic mass is 9.75. The molecule has 2 aliphatic heterocycles. The third kappa shape index (κ3) is 3.13. The zero-order chi connectivity index (χ0) is 22.8. The van der Waals surface area contributed by atoms with Crippen molar-refractivity contribution in [2.75, 3.05) is 12.0 Å². The first-order valence-corrected chi connectivity index (χ1v) is 10.3. The van der Waals surface area contributed by atoms with Crippen LogP contribution in [0.15, 0.2) is 36.4 Å². The maximum Gasteiger partial charge on any atom is 0.494 e. The first-order chi connectivity index (χ1) is 14.4. The number of methoxy groups -OCH3 is 1. The van der Waals surface area contributed by atoms with Gasteiger partial charge in [-0.15, -0.1) is 0 Å². The molecule has 7 heteroatoms. The van der Waals surface area contributed by atoms with Crippen LogP contribution in [0.5, 0.6) is 5.75 Å². The van der Waals surface area contributed by atoms with Crippen LogP contribution in [-0.4, -0.2) is 31.3 Å². The number of fused-ring (bicyclic) bond motifs is 1. The highest BCUT2D eigenvalue weighted by Gasteiger charge is 2.52. The lowest BCUT2D eigenvalue weighted by Gasteiger charge is -2.32. The molecule has 4 rings (SSSR count). The van der Waals surface area contributed by atoms with Crippen LogP contribution in [0.3, 0.4) is 0 Å². The minimum atomic E-state index is -0.722. The number of amides is 1. The van der Waals surface area contributed by atoms with Crippen molar-refractivity contribution in [3.63, 3.8) is 0 Å². The summed E-state index contributed by atoms with van der Waals surface area (Å²) in [6.07, 6.45) is 0. The Balaban J connectivity index is 1.77. The van der Waals surface area contributed by atoms with Gasteiger partial charge in [-0.1, -0.05) is 18.2 Å². The molecule has 6 nitrogen and oxygen atoms in total. The highest BCUT2D eigenvalue weighted by molar-refractivity contribution is 6.62. The molecule has 0 bridgehead atoms. The summed E-state index contributed by atoms with van der Waals surface area (Å²) in [5, 5.41) is 0. The fourth-order valence-corrected chi connectivity index (χ4v) is 4.03. The molecule has 31 heavy (non-hydrogen) atoms. The van der Waals surface area contributed by atoms with E-state index in [1.165, 1.54) is 7.11 Å². The molecule has 2 aromatic rings. The Morgan fingerprint density at radius 1 is 1.00 bits per heavy atom. The molecule has 160 valence electrons. The number of anilines is 2. The summed E-state index contributed by atoms with van der Waals surface area (Å²) < 4.78 is 17.8. The van der Waals surface area contributed by atoms with Crippen LogP contribution in [0, 0.1) is 6.57 Å². The van der Waals surface area contributed by atoms with E-state index in [4.69, 9.17) is 20.6 Å². The van der Waals surface area contributed by atoms with Crippen molar-refractivity contribution in [1.29, 1.82) is 0 Å². The zero-order valence-electron chi connectivity index (χ0n) is 19.1. The topological polar surface area (TPSA) is 52.4 Å². The summed E-state index contributed by atoms with van der Waals surface area (Å²) in [5.41, 5.74) is 2.11. The Bertz CT molecular complexity index is 1100. The molecule has 1 saturated heterocycles. The van der Waals surface area contributed by atoms with Crippen molar-refractivity contribution in [3.8, 4) is 5.75 Å². The fraction of sp³-hybridized carbons (Fsp3) is 0.417. The van der Waals surface area contributed by atoms with Gasteiger partial charge in [-0.25, -0.2) is 4.85 Å². The second-order valence-electron chi connectivity index (χ2n) is 9.60. The summed E-state index contributed by atoms with van der Waals surface area (Å²) in [7, 11) is 1.03. The van der Waals surface area contributed by atoms with E-state index < -0.39 is 23.7 Å². The van der Waals surface area contributed by atoms with Crippen molar-refractivity contribution >= 4 is 35.6 Å². The van der Waals surface area contributed by atoms with Crippen molar-refractivity contribution in [3.05, 3.63) is 53.4 Å². The van der Waals surface area contributed by atoms with Crippen LogP contribution < -0.4 is 15.1 Å². The Labute approximate surface area is 184 Å². The summed E-state index contributed by atoms with van der Waals surface area (Å²) in [4.78, 5) is 18.6. The van der Waals surface area contributed by atoms with E-state index in [2.05, 4.69) is 4.85 Å². The molecule has 1 amide bonds. The van der Waals surface area contributed by atoms with Crippen molar-refractivity contribution < 1.29 is 18.8 Å². The van der Waals surface area contributed by atoms with Gasteiger partial charge in [0.25, 0.3) is 0 Å². The predicted octanol–water partition coefficient (Wildman–Crippen LogP) is 4.50. The number of carbonyl (C=O) groups excluding carboxylic acids is 1. The van der Waals surface area contributed by atoms with Gasteiger partial charge in [-0.3, -0.25) is 9.69 Å². The van der Waals surface area contributed by atoms with Crippen molar-refractivity contribution in [2.24, 2.45) is 0 Å². The number of rotatable bonds is 3. The maximum absolute atomic E-state index is 13.4. The SMILES string of the molecule is [C-]#[N+]c1ccc(N2C(=O)C(C)(C)c3cc(B4OC(C)(C)C(C)(C)O4)ccc32)cc1OC. The first kappa shape index (κ1) is 21.4. The third-order valence-electron chi connectivity index (χ3n) is 6.74. The average molecular weight is 418 g/mol. The van der Waals surface area contributed by atoms with Gasteiger partial charge in [-0.2, -0.15) is 0 Å². The molecule has 1 fully saturated rings. The van der Waals surface area contributed by atoms with Crippen LogP contribution in [0.25, 0.3) is 4.85 Å². The molecule has 0 saturated carbocycles. The van der Waals surface area contributed by atoms with Gasteiger partial charge in [0.15, 0.2) is 0 Å². The van der Waals surface area contributed by atoms with E-state index in [0.717, 1.165) is 16.7 Å². The number of nitrogens with zero attached hydrogens (tertiary/aromatic N) is 2. The molecule has 0 aliphatic carbocycles. The second-order valence-corrected chi connectivity index (χ2v) is 9.60. The van der Waals surface area contributed by atoms with Crippen molar-refractivity contribution in [2.45, 2.75) is 58.2 Å². The van der Waals surface area contributed by atoms with Gasteiger partial charge in [0, 0.05) is 5.69 Å². The van der Waals surface area contributed by atoms with E-state index in [1.54, 1.807) is 23.1 Å². The Kier molecular flexibility index (Phi) is 4.73. The van der Waals surface area contributed by atoms with Gasteiger partial charge in [0.2, 0.25) is 11.6 Å². The maximum atomic E-state index is 13.4. The number of carbonyl (C=O) groups is 1. The molecule has 2 heterocycles. The molecule has 0 radical (unpaired) electrons. The summed E-state index contributed by atoms with van der Waals surface area (Å²) >= 11 is 0. The van der Waals surface area contributed by atoms with E-state index in [1.807, 2.05) is 59.7 Å². The standard InChI is InChI=1S/C24H27BN2O4/c1-22(2)17-13-15(25-30-23(3,4)24(5,6)31-25)9-12-19(17)27(21(22)28)16-10-11-18(26-7)20(14-16)29-8/h9-14H,1-6,8H3. The molecule has 0 spiro atoms. The fourth-order valence-electron chi connectivity index (χ4n) is 4.03. The normalized spacial score (nSPS) is 20.5. The molecule has 0 unspecified atom stereocenters. The minimum absolute atomic E-state index is 0.0359. The first-order valence-electron chi connectivity index (χ1n) is 10.3. The quantitative estimate of drug-likeness (QED) is 0.544. The Morgan fingerprint density at radius 2 is 1.65 bits per heavy atom. The molecular formula is C24H27BN2O4. The van der Waals surface area contributed by atoms with Gasteiger partial charge in [0.1, 0.15) is 5.75 Å². The number of hydrogen-bond donors (Lipinski definition) is 0. The van der Waals surface area contributed by atoms with Crippen LogP contribution in [0.1, 0.15) is 47.1 Å². The van der Waals surface area contributed by atoms with Gasteiger partial charge in [0.05, 0.1) is 36.0 Å². The number of hydrogen-bond acceptors (Lipinski definition) is 4. The zero-order valence-corrected chi connectivity index (χ0v) is 19.1. The van der Waals surface area contributed by atoms with E-state index in [-0.39, 0.29) is 5.91 Å².